The standard InChI is InChI=1S/C12H16N2O4/c1-2-10(11(15)16)13-14-12(17)18-8-9-6-4-3-5-7-9/h3-7,10,13H,2,8H2,1H3,(H,14,17)(H,15,16). The summed E-state index contributed by atoms with van der Waals surface area (Å²) < 4.78 is 4.90. The number of nitrogens with one attached hydrogen (secondary N) is 2. The summed E-state index contributed by atoms with van der Waals surface area (Å²) in [4.78, 5) is 21.9. The lowest BCUT2D eigenvalue weighted by molar-refractivity contribution is -0.139. The molecule has 0 bridgehead atoms. The van der Waals surface area contributed by atoms with E-state index in [0.717, 1.165) is 5.56 Å². The van der Waals surface area contributed by atoms with Crippen molar-refractivity contribution in [1.82, 2.24) is 10.9 Å². The molecule has 3 N–H and O–H groups in total. The highest BCUT2D eigenvalue weighted by molar-refractivity contribution is 5.74. The zero-order valence-electron chi connectivity index (χ0n) is 10.1. The van der Waals surface area contributed by atoms with Gasteiger partial charge in [0, 0.05) is 0 Å². The largest absolute Gasteiger partial charge is 0.480 e. The van der Waals surface area contributed by atoms with E-state index in [1.807, 2.05) is 30.3 Å². The highest BCUT2D eigenvalue weighted by atomic mass is 16.6. The van der Waals surface area contributed by atoms with E-state index in [1.54, 1.807) is 6.92 Å². The molecule has 6 nitrogen and oxygen atoms in total. The predicted molar refractivity (Wildman–Crippen MR) is 64.6 cm³/mol. The maximum atomic E-state index is 11.3. The zero-order chi connectivity index (χ0) is 13.4. The van der Waals surface area contributed by atoms with Crippen molar-refractivity contribution in [3.8, 4) is 0 Å². The lowest BCUT2D eigenvalue weighted by atomic mass is 10.2. The van der Waals surface area contributed by atoms with Crippen LogP contribution in [0.15, 0.2) is 30.3 Å². The van der Waals surface area contributed by atoms with Gasteiger partial charge in [0.1, 0.15) is 12.6 Å². The van der Waals surface area contributed by atoms with Gasteiger partial charge in [-0.2, -0.15) is 0 Å². The van der Waals surface area contributed by atoms with E-state index < -0.39 is 18.1 Å². The Morgan fingerprint density at radius 2 is 2.00 bits per heavy atom. The van der Waals surface area contributed by atoms with Gasteiger partial charge in [-0.3, -0.25) is 10.2 Å². The van der Waals surface area contributed by atoms with Crippen molar-refractivity contribution >= 4 is 12.1 Å². The van der Waals surface area contributed by atoms with Gasteiger partial charge in [0.25, 0.3) is 0 Å². The van der Waals surface area contributed by atoms with E-state index in [9.17, 15) is 9.59 Å². The normalized spacial score (nSPS) is 11.6. The molecule has 1 rings (SSSR count). The number of amides is 1. The first-order chi connectivity index (χ1) is 8.63. The molecule has 1 atom stereocenters. The first-order valence-electron chi connectivity index (χ1n) is 5.58. The molecule has 0 aliphatic carbocycles. The zero-order valence-corrected chi connectivity index (χ0v) is 10.1. The second kappa shape index (κ2) is 7.29. The number of hydrogen-bond donors (Lipinski definition) is 3. The van der Waals surface area contributed by atoms with E-state index in [0.29, 0.717) is 6.42 Å². The number of benzene rings is 1. The molecule has 0 saturated heterocycles. The number of aliphatic carboxylic acids is 1. The van der Waals surface area contributed by atoms with Crippen molar-refractivity contribution in [2.24, 2.45) is 0 Å². The fourth-order valence-electron chi connectivity index (χ4n) is 1.24. The Hall–Kier alpha value is -2.08. The smallest absolute Gasteiger partial charge is 0.421 e. The molecule has 0 spiro atoms. The average Bonchev–Trinajstić information content (AvgIpc) is 2.38. The molecule has 18 heavy (non-hydrogen) atoms. The van der Waals surface area contributed by atoms with Crippen LogP contribution in [0.25, 0.3) is 0 Å². The Labute approximate surface area is 105 Å². The van der Waals surface area contributed by atoms with E-state index in [2.05, 4.69) is 10.9 Å². The van der Waals surface area contributed by atoms with Crippen molar-refractivity contribution in [2.45, 2.75) is 26.0 Å². The number of carboxylic acids is 1. The van der Waals surface area contributed by atoms with Crippen molar-refractivity contribution in [2.75, 3.05) is 0 Å². The molecular weight excluding hydrogens is 236 g/mol. The SMILES string of the molecule is CCC(NNC(=O)OCc1ccccc1)C(=O)O. The van der Waals surface area contributed by atoms with Crippen LogP contribution >= 0.6 is 0 Å². The summed E-state index contributed by atoms with van der Waals surface area (Å²) in [6.07, 6.45) is -0.354. The molecule has 0 radical (unpaired) electrons. The summed E-state index contributed by atoms with van der Waals surface area (Å²) >= 11 is 0. The molecule has 1 aromatic carbocycles. The van der Waals surface area contributed by atoms with Crippen molar-refractivity contribution in [1.29, 1.82) is 0 Å². The number of hydrogen-bond acceptors (Lipinski definition) is 4. The molecule has 0 heterocycles. The van der Waals surface area contributed by atoms with Crippen molar-refractivity contribution in [3.05, 3.63) is 35.9 Å². The highest BCUT2D eigenvalue weighted by Gasteiger charge is 2.15. The molecule has 0 saturated carbocycles. The second-order valence-corrected chi connectivity index (χ2v) is 3.63. The van der Waals surface area contributed by atoms with Gasteiger partial charge in [-0.25, -0.2) is 10.2 Å². The van der Waals surface area contributed by atoms with Gasteiger partial charge in [-0.1, -0.05) is 37.3 Å². The Morgan fingerprint density at radius 3 is 2.56 bits per heavy atom. The van der Waals surface area contributed by atoms with E-state index in [1.165, 1.54) is 0 Å². The maximum Gasteiger partial charge on any atom is 0.421 e. The molecule has 1 unspecified atom stereocenters. The Morgan fingerprint density at radius 1 is 1.33 bits per heavy atom. The summed E-state index contributed by atoms with van der Waals surface area (Å²) in [7, 11) is 0. The van der Waals surface area contributed by atoms with Crippen LogP contribution in [-0.4, -0.2) is 23.2 Å². The van der Waals surface area contributed by atoms with Crippen LogP contribution in [0.2, 0.25) is 0 Å². The van der Waals surface area contributed by atoms with E-state index >= 15 is 0 Å². The number of carbonyl (C=O) groups excluding carboxylic acids is 1. The summed E-state index contributed by atoms with van der Waals surface area (Å²) in [6, 6.07) is 8.37. The first-order valence-corrected chi connectivity index (χ1v) is 5.58. The quantitative estimate of drug-likeness (QED) is 0.664. The third-order valence-electron chi connectivity index (χ3n) is 2.27. The first kappa shape index (κ1) is 14.0. The molecule has 1 aromatic rings. The highest BCUT2D eigenvalue weighted by Crippen LogP contribution is 2.00. The number of ether oxygens (including phenoxy) is 1. The summed E-state index contributed by atoms with van der Waals surface area (Å²) in [6.45, 7) is 1.83. The van der Waals surface area contributed by atoms with Gasteiger partial charge in [0.2, 0.25) is 0 Å². The molecule has 0 aromatic heterocycles. The average molecular weight is 252 g/mol. The Balaban J connectivity index is 2.28. The third kappa shape index (κ3) is 4.84. The van der Waals surface area contributed by atoms with Crippen LogP contribution in [0.4, 0.5) is 4.79 Å². The minimum absolute atomic E-state index is 0.137. The predicted octanol–water partition coefficient (Wildman–Crippen LogP) is 1.28. The van der Waals surface area contributed by atoms with Gasteiger partial charge in [-0.15, -0.1) is 0 Å². The van der Waals surface area contributed by atoms with E-state index in [-0.39, 0.29) is 6.61 Å². The van der Waals surface area contributed by atoms with Gasteiger partial charge >= 0.3 is 12.1 Å². The minimum Gasteiger partial charge on any atom is -0.480 e. The van der Waals surface area contributed by atoms with Gasteiger partial charge in [0.15, 0.2) is 0 Å². The third-order valence-corrected chi connectivity index (χ3v) is 2.27. The molecular formula is C12H16N2O4. The van der Waals surface area contributed by atoms with Gasteiger partial charge in [-0.05, 0) is 12.0 Å². The fourth-order valence-corrected chi connectivity index (χ4v) is 1.24. The maximum absolute atomic E-state index is 11.3. The van der Waals surface area contributed by atoms with Crippen LogP contribution in [0.3, 0.4) is 0 Å². The van der Waals surface area contributed by atoms with Crippen molar-refractivity contribution in [3.63, 3.8) is 0 Å². The summed E-state index contributed by atoms with van der Waals surface area (Å²) in [5, 5.41) is 8.74. The number of carboxylic acid groups (broad SMARTS) is 1. The Kier molecular flexibility index (Phi) is 5.66. The summed E-state index contributed by atoms with van der Waals surface area (Å²) in [5.74, 6) is -1.03. The molecule has 0 fully saturated rings. The van der Waals surface area contributed by atoms with Crippen LogP contribution < -0.4 is 10.9 Å². The number of carbonyl (C=O) groups is 2. The summed E-state index contributed by atoms with van der Waals surface area (Å²) in [5.41, 5.74) is 5.43. The molecule has 6 heteroatoms. The minimum atomic E-state index is -1.03. The van der Waals surface area contributed by atoms with Crippen LogP contribution in [0.1, 0.15) is 18.9 Å². The molecule has 0 aliphatic heterocycles. The number of rotatable bonds is 6. The van der Waals surface area contributed by atoms with Crippen LogP contribution in [0.5, 0.6) is 0 Å². The van der Waals surface area contributed by atoms with Crippen LogP contribution in [-0.2, 0) is 16.1 Å². The Bertz CT molecular complexity index is 394. The van der Waals surface area contributed by atoms with Crippen LogP contribution in [0, 0.1) is 0 Å². The monoisotopic (exact) mass is 252 g/mol. The van der Waals surface area contributed by atoms with Gasteiger partial charge in [0.05, 0.1) is 0 Å². The van der Waals surface area contributed by atoms with Gasteiger partial charge < -0.3 is 9.84 Å². The molecule has 0 aliphatic rings. The second-order valence-electron chi connectivity index (χ2n) is 3.63. The fraction of sp³-hybridized carbons (Fsp3) is 0.333. The van der Waals surface area contributed by atoms with E-state index in [4.69, 9.17) is 9.84 Å². The lowest BCUT2D eigenvalue weighted by Gasteiger charge is -2.13. The van der Waals surface area contributed by atoms with Crippen molar-refractivity contribution < 1.29 is 19.4 Å². The number of hydrazine groups is 1. The molecule has 1 amide bonds. The topological polar surface area (TPSA) is 87.7 Å². The molecule has 98 valence electrons. The lowest BCUT2D eigenvalue weighted by Crippen LogP contribution is -2.47.